The zero-order valence-corrected chi connectivity index (χ0v) is 6.07. The molecule has 1 aromatic heterocycles. The maximum absolute atomic E-state index is 9.20. The van der Waals surface area contributed by atoms with Crippen molar-refractivity contribution in [3.8, 4) is 0 Å². The number of nitrogens with zero attached hydrogens (tertiary/aromatic N) is 2. The van der Waals surface area contributed by atoms with Crippen LogP contribution in [0.5, 0.6) is 0 Å². The second-order valence-electron chi connectivity index (χ2n) is 2.52. The maximum Gasteiger partial charge on any atom is 0.121 e. The minimum absolute atomic E-state index is 0.481. The standard InChI is InChI=1S/C6H9BN2O/c1-6(7,10)5-3-4-9(2)8-5/h3-4,10H,1-2H3. The zero-order valence-electron chi connectivity index (χ0n) is 6.07. The average Bonchev–Trinajstić information content (AvgIpc) is 2.11. The minimum Gasteiger partial charge on any atom is -0.394 e. The van der Waals surface area contributed by atoms with Crippen molar-refractivity contribution in [1.29, 1.82) is 0 Å². The predicted molar refractivity (Wildman–Crippen MR) is 38.5 cm³/mol. The molecule has 1 heterocycles. The first-order valence-electron chi connectivity index (χ1n) is 3.01. The highest BCUT2D eigenvalue weighted by Gasteiger charge is 2.17. The molecule has 1 atom stereocenters. The van der Waals surface area contributed by atoms with Crippen LogP contribution in [0.25, 0.3) is 0 Å². The number of rotatable bonds is 1. The molecule has 0 bridgehead atoms. The van der Waals surface area contributed by atoms with E-state index in [9.17, 15) is 5.11 Å². The molecule has 52 valence electrons. The van der Waals surface area contributed by atoms with E-state index in [1.54, 1.807) is 24.0 Å². The Balaban J connectivity index is 2.96. The molecule has 1 aromatic rings. The second-order valence-corrected chi connectivity index (χ2v) is 2.52. The van der Waals surface area contributed by atoms with E-state index in [-0.39, 0.29) is 0 Å². The van der Waals surface area contributed by atoms with Gasteiger partial charge in [-0.05, 0) is 13.0 Å². The highest BCUT2D eigenvalue weighted by molar-refractivity contribution is 6.13. The van der Waals surface area contributed by atoms with Crippen molar-refractivity contribution in [3.63, 3.8) is 0 Å². The first kappa shape index (κ1) is 7.34. The first-order valence-corrected chi connectivity index (χ1v) is 3.01. The van der Waals surface area contributed by atoms with Crippen molar-refractivity contribution in [3.05, 3.63) is 18.0 Å². The molecule has 0 saturated heterocycles. The van der Waals surface area contributed by atoms with Crippen molar-refractivity contribution < 1.29 is 5.11 Å². The summed E-state index contributed by atoms with van der Waals surface area (Å²) in [7, 11) is 7.12. The number of aromatic nitrogens is 2. The van der Waals surface area contributed by atoms with Crippen LogP contribution in [0.4, 0.5) is 0 Å². The van der Waals surface area contributed by atoms with Gasteiger partial charge in [-0.1, -0.05) is 0 Å². The fourth-order valence-corrected chi connectivity index (χ4v) is 0.685. The van der Waals surface area contributed by atoms with E-state index in [1.165, 1.54) is 6.92 Å². The van der Waals surface area contributed by atoms with Gasteiger partial charge < -0.3 is 5.11 Å². The Bertz CT molecular complexity index is 226. The Labute approximate surface area is 61.1 Å². The minimum atomic E-state index is -1.32. The second kappa shape index (κ2) is 2.13. The summed E-state index contributed by atoms with van der Waals surface area (Å²) in [4.78, 5) is 0. The molecule has 2 radical (unpaired) electrons. The highest BCUT2D eigenvalue weighted by Crippen LogP contribution is 2.12. The molecule has 0 aliphatic rings. The van der Waals surface area contributed by atoms with Gasteiger partial charge in [-0.25, -0.2) is 0 Å². The quantitative estimate of drug-likeness (QED) is 0.540. The SMILES string of the molecule is [B]C(C)(O)c1ccn(C)n1. The van der Waals surface area contributed by atoms with Crippen LogP contribution in [0, 0.1) is 0 Å². The van der Waals surface area contributed by atoms with Gasteiger partial charge in [0.2, 0.25) is 0 Å². The molecule has 10 heavy (non-hydrogen) atoms. The summed E-state index contributed by atoms with van der Waals surface area (Å²) in [6, 6.07) is 1.68. The predicted octanol–water partition coefficient (Wildman–Crippen LogP) is -0.246. The van der Waals surface area contributed by atoms with Crippen LogP contribution in [0.2, 0.25) is 0 Å². The highest BCUT2D eigenvalue weighted by atomic mass is 16.3. The van der Waals surface area contributed by atoms with Crippen LogP contribution < -0.4 is 0 Å². The molecular weight excluding hydrogens is 127 g/mol. The Hall–Kier alpha value is -0.765. The number of aliphatic hydroxyl groups is 1. The molecule has 1 rings (SSSR count). The summed E-state index contributed by atoms with van der Waals surface area (Å²) < 4.78 is 1.59. The van der Waals surface area contributed by atoms with Crippen LogP contribution in [0.15, 0.2) is 12.3 Å². The van der Waals surface area contributed by atoms with Gasteiger partial charge in [0.15, 0.2) is 0 Å². The summed E-state index contributed by atoms with van der Waals surface area (Å²) in [5.74, 6) is 0. The van der Waals surface area contributed by atoms with E-state index in [4.69, 9.17) is 7.85 Å². The van der Waals surface area contributed by atoms with E-state index in [2.05, 4.69) is 5.10 Å². The summed E-state index contributed by atoms with van der Waals surface area (Å²) in [5, 5.41) is 13.1. The lowest BCUT2D eigenvalue weighted by Crippen LogP contribution is -2.21. The topological polar surface area (TPSA) is 38.0 Å². The van der Waals surface area contributed by atoms with Crippen LogP contribution in [-0.2, 0) is 12.5 Å². The molecule has 0 fully saturated rings. The third kappa shape index (κ3) is 1.39. The number of aryl methyl sites for hydroxylation is 1. The molecular formula is C6H9BN2O. The Morgan fingerprint density at radius 3 is 2.60 bits per heavy atom. The van der Waals surface area contributed by atoms with Gasteiger partial charge in [0.25, 0.3) is 0 Å². The first-order chi connectivity index (χ1) is 4.50. The molecule has 0 aliphatic heterocycles. The third-order valence-electron chi connectivity index (χ3n) is 1.23. The van der Waals surface area contributed by atoms with Gasteiger partial charge in [0, 0.05) is 13.2 Å². The fraction of sp³-hybridized carbons (Fsp3) is 0.500. The van der Waals surface area contributed by atoms with Gasteiger partial charge in [-0.2, -0.15) is 5.10 Å². The smallest absolute Gasteiger partial charge is 0.121 e. The van der Waals surface area contributed by atoms with Crippen molar-refractivity contribution in [1.82, 2.24) is 9.78 Å². The molecule has 0 aromatic carbocycles. The van der Waals surface area contributed by atoms with Crippen LogP contribution in [0.1, 0.15) is 12.6 Å². The molecule has 1 unspecified atom stereocenters. The number of hydrogen-bond acceptors (Lipinski definition) is 2. The fourth-order valence-electron chi connectivity index (χ4n) is 0.685. The van der Waals surface area contributed by atoms with Crippen molar-refractivity contribution in [2.75, 3.05) is 0 Å². The zero-order chi connectivity index (χ0) is 7.78. The van der Waals surface area contributed by atoms with Gasteiger partial charge >= 0.3 is 0 Å². The number of hydrogen-bond donors (Lipinski definition) is 1. The summed E-state index contributed by atoms with van der Waals surface area (Å²) in [6.07, 6.45) is 1.73. The molecule has 0 amide bonds. The molecule has 0 spiro atoms. The van der Waals surface area contributed by atoms with Crippen LogP contribution in [-0.4, -0.2) is 22.7 Å². The Kier molecular flexibility index (Phi) is 1.56. The normalized spacial score (nSPS) is 16.7. The van der Waals surface area contributed by atoms with Crippen molar-refractivity contribution >= 4 is 7.85 Å². The lowest BCUT2D eigenvalue weighted by molar-refractivity contribution is 0.144. The van der Waals surface area contributed by atoms with Crippen LogP contribution >= 0.6 is 0 Å². The average molecular weight is 136 g/mol. The van der Waals surface area contributed by atoms with Gasteiger partial charge in [-0.15, -0.1) is 0 Å². The monoisotopic (exact) mass is 136 g/mol. The largest absolute Gasteiger partial charge is 0.394 e. The third-order valence-corrected chi connectivity index (χ3v) is 1.23. The molecule has 3 nitrogen and oxygen atoms in total. The van der Waals surface area contributed by atoms with E-state index in [0.29, 0.717) is 5.69 Å². The molecule has 1 N–H and O–H groups in total. The van der Waals surface area contributed by atoms with Crippen molar-refractivity contribution in [2.45, 2.75) is 12.4 Å². The van der Waals surface area contributed by atoms with E-state index in [0.717, 1.165) is 0 Å². The van der Waals surface area contributed by atoms with Gasteiger partial charge in [0.05, 0.1) is 11.2 Å². The van der Waals surface area contributed by atoms with Crippen LogP contribution in [0.3, 0.4) is 0 Å². The summed E-state index contributed by atoms with van der Waals surface area (Å²) in [6.45, 7) is 1.50. The lowest BCUT2D eigenvalue weighted by atomic mass is 9.81. The Morgan fingerprint density at radius 2 is 2.40 bits per heavy atom. The molecule has 4 heteroatoms. The van der Waals surface area contributed by atoms with E-state index >= 15 is 0 Å². The van der Waals surface area contributed by atoms with E-state index in [1.807, 2.05) is 0 Å². The van der Waals surface area contributed by atoms with Gasteiger partial charge in [0.1, 0.15) is 7.85 Å². The molecule has 0 saturated carbocycles. The van der Waals surface area contributed by atoms with Gasteiger partial charge in [-0.3, -0.25) is 4.68 Å². The summed E-state index contributed by atoms with van der Waals surface area (Å²) >= 11 is 0. The lowest BCUT2D eigenvalue weighted by Gasteiger charge is -2.13. The van der Waals surface area contributed by atoms with E-state index < -0.39 is 5.50 Å². The Morgan fingerprint density at radius 1 is 1.80 bits per heavy atom. The summed E-state index contributed by atoms with van der Waals surface area (Å²) in [5.41, 5.74) is -0.837. The molecule has 0 aliphatic carbocycles. The maximum atomic E-state index is 9.20. The van der Waals surface area contributed by atoms with Crippen molar-refractivity contribution in [2.24, 2.45) is 7.05 Å².